The third kappa shape index (κ3) is 3.41. The molecule has 1 N–H and O–H groups in total. The molecule has 0 spiro atoms. The topological polar surface area (TPSA) is 54.5 Å². The maximum absolute atomic E-state index is 12.1. The average molecular weight is 339 g/mol. The molecule has 4 rings (SSSR count). The van der Waals surface area contributed by atoms with Crippen LogP contribution in [-0.4, -0.2) is 41.5 Å². The van der Waals surface area contributed by atoms with Crippen molar-refractivity contribution in [1.29, 1.82) is 0 Å². The highest BCUT2D eigenvalue weighted by molar-refractivity contribution is 5.94. The Bertz CT molecular complexity index is 773. The number of carbonyl (C=O) groups is 1. The van der Waals surface area contributed by atoms with E-state index in [2.05, 4.69) is 28.2 Å². The molecule has 1 aromatic heterocycles. The van der Waals surface area contributed by atoms with Gasteiger partial charge >= 0.3 is 0 Å². The number of amides is 1. The number of anilines is 1. The quantitative estimate of drug-likeness (QED) is 0.839. The molecule has 1 aliphatic carbocycles. The van der Waals surface area contributed by atoms with E-state index in [-0.39, 0.29) is 0 Å². The number of benzene rings is 1. The van der Waals surface area contributed by atoms with E-state index in [4.69, 9.17) is 4.74 Å². The molecule has 132 valence electrons. The van der Waals surface area contributed by atoms with Crippen LogP contribution in [0.1, 0.15) is 32.6 Å². The Hall–Kier alpha value is -2.30. The van der Waals surface area contributed by atoms with E-state index in [1.54, 1.807) is 0 Å². The lowest BCUT2D eigenvalue weighted by Gasteiger charge is -2.17. The molecule has 1 unspecified atom stereocenters. The summed E-state index contributed by atoms with van der Waals surface area (Å²) >= 11 is 0. The summed E-state index contributed by atoms with van der Waals surface area (Å²) in [4.78, 5) is 18.7. The largest absolute Gasteiger partial charge is 0.491 e. The Morgan fingerprint density at radius 3 is 3.00 bits per heavy atom. The number of fused-ring (bicyclic) bond motifs is 1. The summed E-state index contributed by atoms with van der Waals surface area (Å²) in [7, 11) is 0. The fourth-order valence-corrected chi connectivity index (χ4v) is 3.57. The minimum atomic E-state index is 0.323. The van der Waals surface area contributed by atoms with Crippen LogP contribution < -0.4 is 10.1 Å². The summed E-state index contributed by atoms with van der Waals surface area (Å²) in [6.07, 6.45) is 5.82. The van der Waals surface area contributed by atoms with Gasteiger partial charge < -0.3 is 15.0 Å². The van der Waals surface area contributed by atoms with Gasteiger partial charge in [0.05, 0.1) is 6.61 Å². The van der Waals surface area contributed by atoms with Gasteiger partial charge in [0.1, 0.15) is 11.3 Å². The maximum Gasteiger partial charge on any atom is 0.223 e. The van der Waals surface area contributed by atoms with Crippen LogP contribution in [-0.2, 0) is 4.79 Å². The number of nitrogens with one attached hydrogen (secondary N) is 1. The molecular formula is C20H25N3O2. The van der Waals surface area contributed by atoms with Gasteiger partial charge in [0.15, 0.2) is 0 Å². The number of pyridine rings is 1. The lowest BCUT2D eigenvalue weighted by molar-refractivity contribution is -0.128. The Morgan fingerprint density at radius 2 is 2.20 bits per heavy atom. The maximum atomic E-state index is 12.1. The van der Waals surface area contributed by atoms with Crippen molar-refractivity contribution in [3.05, 3.63) is 30.5 Å². The minimum absolute atomic E-state index is 0.323. The number of para-hydroxylation sites is 1. The fraction of sp³-hybridized carbons (Fsp3) is 0.500. The van der Waals surface area contributed by atoms with E-state index in [0.29, 0.717) is 30.9 Å². The van der Waals surface area contributed by atoms with Crippen LogP contribution in [0.3, 0.4) is 0 Å². The van der Waals surface area contributed by atoms with Crippen LogP contribution in [0.25, 0.3) is 10.9 Å². The molecule has 1 saturated carbocycles. The molecular weight excluding hydrogens is 314 g/mol. The number of hydrogen-bond donors (Lipinski definition) is 1. The number of nitrogens with zero attached hydrogens (tertiary/aromatic N) is 2. The minimum Gasteiger partial charge on any atom is -0.491 e. The Balaban J connectivity index is 1.47. The molecule has 1 saturated heterocycles. The van der Waals surface area contributed by atoms with E-state index in [9.17, 15) is 4.79 Å². The zero-order valence-electron chi connectivity index (χ0n) is 14.7. The second-order valence-corrected chi connectivity index (χ2v) is 7.09. The number of rotatable bonds is 7. The Labute approximate surface area is 148 Å². The third-order valence-electron chi connectivity index (χ3n) is 5.00. The molecule has 1 amide bonds. The first-order valence-corrected chi connectivity index (χ1v) is 9.30. The van der Waals surface area contributed by atoms with Gasteiger partial charge in [0.25, 0.3) is 0 Å². The van der Waals surface area contributed by atoms with Crippen molar-refractivity contribution in [2.24, 2.45) is 5.92 Å². The normalized spacial score (nSPS) is 20.3. The third-order valence-corrected chi connectivity index (χ3v) is 5.00. The van der Waals surface area contributed by atoms with Crippen molar-refractivity contribution in [3.63, 3.8) is 0 Å². The lowest BCUT2D eigenvalue weighted by Crippen LogP contribution is -2.28. The zero-order valence-corrected chi connectivity index (χ0v) is 14.7. The van der Waals surface area contributed by atoms with Gasteiger partial charge in [-0.05, 0) is 31.4 Å². The van der Waals surface area contributed by atoms with E-state index in [1.807, 2.05) is 24.4 Å². The van der Waals surface area contributed by atoms with Crippen LogP contribution in [0.5, 0.6) is 5.75 Å². The summed E-state index contributed by atoms with van der Waals surface area (Å²) in [6.45, 7) is 4.50. The molecule has 5 nitrogen and oxygen atoms in total. The average Bonchev–Trinajstić information content (AvgIpc) is 3.41. The van der Waals surface area contributed by atoms with E-state index in [0.717, 1.165) is 41.9 Å². The van der Waals surface area contributed by atoms with Crippen molar-refractivity contribution in [2.45, 2.75) is 38.6 Å². The van der Waals surface area contributed by atoms with Crippen LogP contribution in [0.15, 0.2) is 30.5 Å². The highest BCUT2D eigenvalue weighted by Gasteiger charge is 2.39. The first kappa shape index (κ1) is 16.2. The second kappa shape index (κ2) is 6.90. The van der Waals surface area contributed by atoms with E-state index in [1.165, 1.54) is 12.8 Å². The van der Waals surface area contributed by atoms with Gasteiger partial charge in [0, 0.05) is 48.7 Å². The molecule has 5 heteroatoms. The Kier molecular flexibility index (Phi) is 4.47. The summed E-state index contributed by atoms with van der Waals surface area (Å²) < 4.78 is 5.82. The highest BCUT2D eigenvalue weighted by Crippen LogP contribution is 2.33. The van der Waals surface area contributed by atoms with Crippen LogP contribution in [0.2, 0.25) is 0 Å². The highest BCUT2D eigenvalue weighted by atomic mass is 16.5. The summed E-state index contributed by atoms with van der Waals surface area (Å²) in [5.74, 6) is 1.54. The second-order valence-electron chi connectivity index (χ2n) is 7.09. The van der Waals surface area contributed by atoms with Crippen molar-refractivity contribution in [2.75, 3.05) is 25.0 Å². The smallest absolute Gasteiger partial charge is 0.223 e. The van der Waals surface area contributed by atoms with Crippen molar-refractivity contribution < 1.29 is 9.53 Å². The van der Waals surface area contributed by atoms with Crippen LogP contribution >= 0.6 is 0 Å². The summed E-state index contributed by atoms with van der Waals surface area (Å²) in [5.41, 5.74) is 1.95. The van der Waals surface area contributed by atoms with Gasteiger partial charge in [-0.1, -0.05) is 19.1 Å². The first-order chi connectivity index (χ1) is 12.3. The van der Waals surface area contributed by atoms with Gasteiger partial charge in [-0.15, -0.1) is 0 Å². The number of hydrogen-bond acceptors (Lipinski definition) is 4. The zero-order chi connectivity index (χ0) is 17.2. The van der Waals surface area contributed by atoms with Gasteiger partial charge in [0.2, 0.25) is 5.91 Å². The number of ether oxygens (including phenoxy) is 1. The lowest BCUT2D eigenvalue weighted by atomic mass is 10.1. The number of likely N-dealkylation sites (tertiary alicyclic amines) is 1. The SMILES string of the molecule is CCCOc1cccc2c(NCC3CC(=O)N(C4CC4)C3)ccnc12. The van der Waals surface area contributed by atoms with Crippen LogP contribution in [0, 0.1) is 5.92 Å². The molecule has 2 heterocycles. The number of carbonyl (C=O) groups excluding carboxylic acids is 1. The molecule has 2 aliphatic rings. The molecule has 0 bridgehead atoms. The van der Waals surface area contributed by atoms with Crippen molar-refractivity contribution >= 4 is 22.5 Å². The van der Waals surface area contributed by atoms with E-state index >= 15 is 0 Å². The van der Waals surface area contributed by atoms with Gasteiger partial charge in [-0.2, -0.15) is 0 Å². The molecule has 2 aromatic rings. The standard InChI is InChI=1S/C20H25N3O2/c1-2-10-25-18-5-3-4-16-17(8-9-21-20(16)18)22-12-14-11-19(24)23(13-14)15-6-7-15/h3-5,8-9,14-15H,2,6-7,10-13H2,1H3,(H,21,22). The fourth-order valence-electron chi connectivity index (χ4n) is 3.57. The van der Waals surface area contributed by atoms with Crippen molar-refractivity contribution in [3.8, 4) is 5.75 Å². The predicted molar refractivity (Wildman–Crippen MR) is 98.9 cm³/mol. The summed E-state index contributed by atoms with van der Waals surface area (Å²) in [5, 5.41) is 4.61. The van der Waals surface area contributed by atoms with Gasteiger partial charge in [-0.3, -0.25) is 9.78 Å². The van der Waals surface area contributed by atoms with Crippen LogP contribution in [0.4, 0.5) is 5.69 Å². The van der Waals surface area contributed by atoms with Gasteiger partial charge in [-0.25, -0.2) is 0 Å². The molecule has 25 heavy (non-hydrogen) atoms. The van der Waals surface area contributed by atoms with E-state index < -0.39 is 0 Å². The molecule has 1 aliphatic heterocycles. The van der Waals surface area contributed by atoms with Crippen molar-refractivity contribution in [1.82, 2.24) is 9.88 Å². The predicted octanol–water partition coefficient (Wildman–Crippen LogP) is 3.45. The molecule has 1 atom stereocenters. The number of aromatic nitrogens is 1. The Morgan fingerprint density at radius 1 is 1.32 bits per heavy atom. The first-order valence-electron chi connectivity index (χ1n) is 9.30. The molecule has 2 fully saturated rings. The molecule has 1 aromatic carbocycles. The monoisotopic (exact) mass is 339 g/mol. The molecule has 0 radical (unpaired) electrons. The summed E-state index contributed by atoms with van der Waals surface area (Å²) in [6, 6.07) is 8.57.